The third kappa shape index (κ3) is 3.90. The first-order chi connectivity index (χ1) is 14.6. The summed E-state index contributed by atoms with van der Waals surface area (Å²) in [5.74, 6) is 0.272. The highest BCUT2D eigenvalue weighted by molar-refractivity contribution is 6.05. The minimum Gasteiger partial charge on any atom is -0.455 e. The summed E-state index contributed by atoms with van der Waals surface area (Å²) in [7, 11) is 0. The number of fused-ring (bicyclic) bond motifs is 1. The lowest BCUT2D eigenvalue weighted by Crippen LogP contribution is -2.41. The van der Waals surface area contributed by atoms with Crippen molar-refractivity contribution in [2.24, 2.45) is 5.92 Å². The molecule has 0 saturated heterocycles. The Bertz CT molecular complexity index is 1100. The van der Waals surface area contributed by atoms with E-state index >= 15 is 0 Å². The summed E-state index contributed by atoms with van der Waals surface area (Å²) < 4.78 is 6.17. The van der Waals surface area contributed by atoms with Gasteiger partial charge in [-0.05, 0) is 31.9 Å². The van der Waals surface area contributed by atoms with Crippen molar-refractivity contribution in [2.75, 3.05) is 6.61 Å². The van der Waals surface area contributed by atoms with Crippen LogP contribution in [0.3, 0.4) is 0 Å². The fourth-order valence-electron chi connectivity index (χ4n) is 4.39. The van der Waals surface area contributed by atoms with Crippen LogP contribution < -0.4 is 10.7 Å². The summed E-state index contributed by atoms with van der Waals surface area (Å²) in [6.07, 6.45) is 4.97. The summed E-state index contributed by atoms with van der Waals surface area (Å²) in [6.45, 7) is 1.81. The molecule has 2 aromatic carbocycles. The van der Waals surface area contributed by atoms with Gasteiger partial charge < -0.3 is 14.8 Å². The monoisotopic (exact) mass is 405 g/mol. The number of aliphatic hydroxyl groups excluding tert-OH is 1. The zero-order chi connectivity index (χ0) is 21.1. The summed E-state index contributed by atoms with van der Waals surface area (Å²) in [6, 6.07) is 14.5. The lowest BCUT2D eigenvalue weighted by molar-refractivity contribution is 0.0900. The Labute approximate surface area is 175 Å². The lowest BCUT2D eigenvalue weighted by Gasteiger charge is -2.24. The Kier molecular flexibility index (Phi) is 6.00. The van der Waals surface area contributed by atoms with E-state index in [0.717, 1.165) is 37.7 Å². The van der Waals surface area contributed by atoms with Gasteiger partial charge in [0, 0.05) is 29.7 Å². The van der Waals surface area contributed by atoms with Crippen LogP contribution in [0.1, 0.15) is 48.0 Å². The molecule has 1 amide bonds. The van der Waals surface area contributed by atoms with Gasteiger partial charge in [-0.15, -0.1) is 0 Å². The smallest absolute Gasteiger partial charge is 0.255 e. The van der Waals surface area contributed by atoms with Crippen molar-refractivity contribution in [1.82, 2.24) is 5.32 Å². The van der Waals surface area contributed by atoms with Gasteiger partial charge in [0.15, 0.2) is 11.0 Å². The molecule has 30 heavy (non-hydrogen) atoms. The van der Waals surface area contributed by atoms with Crippen LogP contribution in [0.15, 0.2) is 57.7 Å². The van der Waals surface area contributed by atoms with E-state index in [2.05, 4.69) is 5.32 Å². The van der Waals surface area contributed by atoms with E-state index < -0.39 is 0 Å². The quantitative estimate of drug-likeness (QED) is 0.629. The molecule has 4 rings (SSSR count). The number of hydrogen-bond donors (Lipinski definition) is 2. The Balaban J connectivity index is 1.76. The fourth-order valence-corrected chi connectivity index (χ4v) is 4.39. The van der Waals surface area contributed by atoms with Crippen LogP contribution in [0, 0.1) is 12.8 Å². The normalized spacial score (nSPS) is 19.4. The van der Waals surface area contributed by atoms with Crippen molar-refractivity contribution in [1.29, 1.82) is 0 Å². The zero-order valence-electron chi connectivity index (χ0n) is 17.2. The van der Waals surface area contributed by atoms with Crippen LogP contribution in [-0.4, -0.2) is 23.7 Å². The van der Waals surface area contributed by atoms with Gasteiger partial charge in [-0.2, -0.15) is 0 Å². The molecule has 0 radical (unpaired) electrons. The third-order valence-electron chi connectivity index (χ3n) is 6.14. The minimum atomic E-state index is -0.267. The van der Waals surface area contributed by atoms with Crippen LogP contribution >= 0.6 is 0 Å². The van der Waals surface area contributed by atoms with E-state index in [1.807, 2.05) is 30.3 Å². The van der Waals surface area contributed by atoms with Gasteiger partial charge >= 0.3 is 0 Å². The maximum absolute atomic E-state index is 13.2. The average molecular weight is 405 g/mol. The molecule has 2 atom stereocenters. The van der Waals surface area contributed by atoms with E-state index in [9.17, 15) is 14.7 Å². The summed E-state index contributed by atoms with van der Waals surface area (Å²) >= 11 is 0. The number of amides is 1. The predicted octanol–water partition coefficient (Wildman–Crippen LogP) is 4.44. The standard InChI is InChI=1S/C25H27NO4/c1-16-22(28)19-12-8-13-20(24(19)30-23(16)17-9-4-2-5-10-17)25(29)26-21-14-7-3-6-11-18(21)15-27/h2,4-5,8-10,12-13,18,21,27H,3,6-7,11,14-15H2,1H3,(H,26,29). The first-order valence-corrected chi connectivity index (χ1v) is 10.6. The Morgan fingerprint density at radius 2 is 1.83 bits per heavy atom. The van der Waals surface area contributed by atoms with Crippen molar-refractivity contribution in [2.45, 2.75) is 45.1 Å². The molecule has 3 aromatic rings. The number of hydrogen-bond acceptors (Lipinski definition) is 4. The number of carbonyl (C=O) groups excluding carboxylic acids is 1. The van der Waals surface area contributed by atoms with E-state index in [1.165, 1.54) is 0 Å². The number of para-hydroxylation sites is 1. The second kappa shape index (κ2) is 8.84. The molecule has 1 fully saturated rings. The van der Waals surface area contributed by atoms with Crippen LogP contribution in [0.25, 0.3) is 22.3 Å². The average Bonchev–Trinajstić information content (AvgIpc) is 3.01. The zero-order valence-corrected chi connectivity index (χ0v) is 17.2. The molecule has 0 spiro atoms. The summed E-state index contributed by atoms with van der Waals surface area (Å²) in [4.78, 5) is 26.2. The van der Waals surface area contributed by atoms with Gasteiger partial charge in [0.2, 0.25) is 0 Å². The fraction of sp³-hybridized carbons (Fsp3) is 0.360. The molecule has 1 aromatic heterocycles. The number of benzene rings is 2. The van der Waals surface area contributed by atoms with Gasteiger partial charge in [-0.25, -0.2) is 0 Å². The molecular weight excluding hydrogens is 378 g/mol. The van der Waals surface area contributed by atoms with Crippen LogP contribution in [0.4, 0.5) is 0 Å². The van der Waals surface area contributed by atoms with Crippen molar-refractivity contribution in [3.05, 3.63) is 69.9 Å². The molecule has 5 heteroatoms. The van der Waals surface area contributed by atoms with Gasteiger partial charge in [0.05, 0.1) is 10.9 Å². The first-order valence-electron chi connectivity index (χ1n) is 10.6. The number of carbonyl (C=O) groups is 1. The highest BCUT2D eigenvalue weighted by Crippen LogP contribution is 2.28. The summed E-state index contributed by atoms with van der Waals surface area (Å²) in [5.41, 5.74) is 1.84. The van der Waals surface area contributed by atoms with Gasteiger partial charge in [0.1, 0.15) is 5.76 Å². The van der Waals surface area contributed by atoms with E-state index in [-0.39, 0.29) is 29.9 Å². The van der Waals surface area contributed by atoms with Crippen molar-refractivity contribution >= 4 is 16.9 Å². The molecule has 1 aliphatic rings. The first kappa shape index (κ1) is 20.4. The summed E-state index contributed by atoms with van der Waals surface area (Å²) in [5, 5.41) is 13.3. The molecule has 156 valence electrons. The van der Waals surface area contributed by atoms with Gasteiger partial charge in [0.25, 0.3) is 5.91 Å². The molecule has 0 bridgehead atoms. The number of aliphatic hydroxyl groups is 1. The minimum absolute atomic E-state index is 0.0561. The lowest BCUT2D eigenvalue weighted by atomic mass is 9.95. The number of nitrogens with one attached hydrogen (secondary N) is 1. The Morgan fingerprint density at radius 3 is 2.60 bits per heavy atom. The van der Waals surface area contributed by atoms with Crippen molar-refractivity contribution < 1.29 is 14.3 Å². The van der Waals surface area contributed by atoms with Crippen LogP contribution in [0.2, 0.25) is 0 Å². The second-order valence-electron chi connectivity index (χ2n) is 8.09. The van der Waals surface area contributed by atoms with Crippen molar-refractivity contribution in [3.8, 4) is 11.3 Å². The van der Waals surface area contributed by atoms with E-state index in [0.29, 0.717) is 27.9 Å². The highest BCUT2D eigenvalue weighted by atomic mass is 16.3. The van der Waals surface area contributed by atoms with Gasteiger partial charge in [-0.3, -0.25) is 9.59 Å². The maximum Gasteiger partial charge on any atom is 0.255 e. The van der Waals surface area contributed by atoms with Crippen molar-refractivity contribution in [3.63, 3.8) is 0 Å². The SMILES string of the molecule is Cc1c(-c2ccccc2)oc2c(C(=O)NC3CCCCCC3CO)cccc2c1=O. The molecular formula is C25H27NO4. The van der Waals surface area contributed by atoms with Crippen LogP contribution in [0.5, 0.6) is 0 Å². The molecule has 1 aliphatic carbocycles. The van der Waals surface area contributed by atoms with Gasteiger partial charge in [-0.1, -0.05) is 55.7 Å². The molecule has 1 heterocycles. The number of rotatable bonds is 4. The Morgan fingerprint density at radius 1 is 1.07 bits per heavy atom. The van der Waals surface area contributed by atoms with E-state index in [4.69, 9.17) is 4.42 Å². The molecule has 2 N–H and O–H groups in total. The molecule has 2 unspecified atom stereocenters. The highest BCUT2D eigenvalue weighted by Gasteiger charge is 2.26. The molecule has 0 aliphatic heterocycles. The maximum atomic E-state index is 13.2. The third-order valence-corrected chi connectivity index (χ3v) is 6.14. The molecule has 5 nitrogen and oxygen atoms in total. The topological polar surface area (TPSA) is 79.5 Å². The second-order valence-corrected chi connectivity index (χ2v) is 8.09. The van der Waals surface area contributed by atoms with Crippen LogP contribution in [-0.2, 0) is 0 Å². The van der Waals surface area contributed by atoms with E-state index in [1.54, 1.807) is 25.1 Å². The largest absolute Gasteiger partial charge is 0.455 e. The predicted molar refractivity (Wildman–Crippen MR) is 118 cm³/mol. The molecule has 1 saturated carbocycles. The Hall–Kier alpha value is -2.92.